The van der Waals surface area contributed by atoms with Crippen molar-refractivity contribution < 1.29 is 33.2 Å². The Morgan fingerprint density at radius 1 is 0.532 bits per heavy atom. The topological polar surface area (TPSA) is 200 Å². The Labute approximate surface area is 273 Å². The van der Waals surface area contributed by atoms with Crippen molar-refractivity contribution in [1.29, 1.82) is 0 Å². The lowest BCUT2D eigenvalue weighted by Gasteiger charge is -2.19. The summed E-state index contributed by atoms with van der Waals surface area (Å²) in [6.45, 7) is -1.05. The molecule has 0 aliphatic heterocycles. The molecule has 4 aromatic carbocycles. The lowest BCUT2D eigenvalue weighted by atomic mass is 9.55. The van der Waals surface area contributed by atoms with Gasteiger partial charge in [-0.15, -0.1) is 0 Å². The second kappa shape index (κ2) is 16.9. The van der Waals surface area contributed by atoms with Crippen LogP contribution in [0.1, 0.15) is 24.0 Å². The molecule has 0 saturated carbocycles. The molecule has 11 nitrogen and oxygen atoms in total. The fraction of sp³-hybridized carbons (Fsp3) is 0.176. The third kappa shape index (κ3) is 10.4. The van der Waals surface area contributed by atoms with E-state index in [1.54, 1.807) is 0 Å². The van der Waals surface area contributed by atoms with Crippen LogP contribution < -0.4 is 44.8 Å². The standard InChI is InChI=1S/C34H36B2N4O7/c37-29(19-31(39)41)33(43)46-35(25-11-3-1-4-12-25)27-15-7-9-23(17-27)21-45-22-24-10-8-16-28(18-24)36(26-13-5-2-6-14-26)47-34(44)30(38)20-32(40)42/h1-18,29-30H,19-22,37-38H2,(H2,39,41)(H2,40,42). The number of nitrogens with two attached hydrogens (primary N) is 4. The quantitative estimate of drug-likeness (QED) is 0.113. The number of rotatable bonds is 16. The van der Waals surface area contributed by atoms with Gasteiger partial charge in [-0.05, 0) is 33.0 Å². The van der Waals surface area contributed by atoms with Crippen molar-refractivity contribution in [2.75, 3.05) is 0 Å². The van der Waals surface area contributed by atoms with Crippen molar-refractivity contribution in [3.8, 4) is 0 Å². The Morgan fingerprint density at radius 2 is 0.894 bits per heavy atom. The molecule has 2 atom stereocenters. The average molecular weight is 634 g/mol. The average Bonchev–Trinajstić information content (AvgIpc) is 3.06. The van der Waals surface area contributed by atoms with Gasteiger partial charge in [0.2, 0.25) is 11.8 Å². The zero-order valence-corrected chi connectivity index (χ0v) is 25.7. The molecule has 240 valence electrons. The molecule has 13 heteroatoms. The van der Waals surface area contributed by atoms with Gasteiger partial charge in [0.05, 0.1) is 26.1 Å². The van der Waals surface area contributed by atoms with E-state index in [-0.39, 0.29) is 26.1 Å². The van der Waals surface area contributed by atoms with Crippen LogP contribution in [0.25, 0.3) is 0 Å². The van der Waals surface area contributed by atoms with Crippen LogP contribution in [-0.4, -0.2) is 49.7 Å². The van der Waals surface area contributed by atoms with Crippen LogP contribution >= 0.6 is 0 Å². The highest BCUT2D eigenvalue weighted by Gasteiger charge is 2.30. The predicted molar refractivity (Wildman–Crippen MR) is 180 cm³/mol. The van der Waals surface area contributed by atoms with E-state index in [1.165, 1.54) is 0 Å². The van der Waals surface area contributed by atoms with Crippen molar-refractivity contribution in [2.24, 2.45) is 22.9 Å². The van der Waals surface area contributed by atoms with Crippen LogP contribution in [0.4, 0.5) is 0 Å². The number of carbonyl (C=O) groups is 4. The first-order valence-corrected chi connectivity index (χ1v) is 14.9. The second-order valence-electron chi connectivity index (χ2n) is 11.0. The van der Waals surface area contributed by atoms with Gasteiger partial charge in [-0.3, -0.25) is 19.2 Å². The summed E-state index contributed by atoms with van der Waals surface area (Å²) in [6.07, 6.45) is -0.653. The number of primary amides is 2. The van der Waals surface area contributed by atoms with Gasteiger partial charge in [-0.25, -0.2) is 0 Å². The van der Waals surface area contributed by atoms with E-state index in [0.717, 1.165) is 22.1 Å². The SMILES string of the molecule is NC(=O)CC(N)C(=O)OB(c1ccccc1)c1cccc(COCc2cccc(B(OC(=O)C(N)CC(N)=O)c3ccccc3)c2)c1. The molecule has 0 bridgehead atoms. The van der Waals surface area contributed by atoms with Crippen LogP contribution in [0.5, 0.6) is 0 Å². The van der Waals surface area contributed by atoms with E-state index in [0.29, 0.717) is 10.9 Å². The van der Waals surface area contributed by atoms with Crippen LogP contribution in [0, 0.1) is 0 Å². The summed E-state index contributed by atoms with van der Waals surface area (Å²) >= 11 is 0. The van der Waals surface area contributed by atoms with Crippen LogP contribution in [0.2, 0.25) is 0 Å². The van der Waals surface area contributed by atoms with Crippen molar-refractivity contribution >= 4 is 59.4 Å². The minimum Gasteiger partial charge on any atom is -0.525 e. The maximum absolute atomic E-state index is 12.7. The minimum absolute atomic E-state index is 0.244. The zero-order chi connectivity index (χ0) is 33.8. The second-order valence-corrected chi connectivity index (χ2v) is 11.0. The van der Waals surface area contributed by atoms with Gasteiger partial charge in [0, 0.05) is 0 Å². The number of ether oxygens (including phenoxy) is 1. The number of hydrogen-bond donors (Lipinski definition) is 4. The summed E-state index contributed by atoms with van der Waals surface area (Å²) < 4.78 is 17.6. The van der Waals surface area contributed by atoms with E-state index in [1.807, 2.05) is 109 Å². The number of benzene rings is 4. The molecule has 0 heterocycles. The summed E-state index contributed by atoms with van der Waals surface area (Å²) in [6, 6.07) is 30.9. The summed E-state index contributed by atoms with van der Waals surface area (Å²) in [5.74, 6) is -2.88. The Balaban J connectivity index is 1.47. The smallest absolute Gasteiger partial charge is 0.429 e. The van der Waals surface area contributed by atoms with E-state index in [2.05, 4.69) is 0 Å². The first kappa shape index (κ1) is 34.6. The van der Waals surface area contributed by atoms with Gasteiger partial charge >= 0.3 is 25.8 Å². The lowest BCUT2D eigenvalue weighted by molar-refractivity contribution is -0.138. The molecule has 0 saturated heterocycles. The number of hydrogen-bond acceptors (Lipinski definition) is 9. The Morgan fingerprint density at radius 3 is 1.26 bits per heavy atom. The van der Waals surface area contributed by atoms with Crippen molar-refractivity contribution in [1.82, 2.24) is 0 Å². The maximum Gasteiger partial charge on any atom is 0.429 e. The summed E-state index contributed by atoms with van der Waals surface area (Å²) in [4.78, 5) is 48.0. The van der Waals surface area contributed by atoms with Gasteiger partial charge in [-0.2, -0.15) is 0 Å². The fourth-order valence-corrected chi connectivity index (χ4v) is 4.90. The molecule has 2 amide bonds. The molecule has 47 heavy (non-hydrogen) atoms. The predicted octanol–water partition coefficient (Wildman–Crippen LogP) is -0.893. The van der Waals surface area contributed by atoms with E-state index >= 15 is 0 Å². The number of carbonyl (C=O) groups excluding carboxylic acids is 4. The molecule has 4 rings (SSSR count). The van der Waals surface area contributed by atoms with Gasteiger partial charge in [-0.1, -0.05) is 109 Å². The fourth-order valence-electron chi connectivity index (χ4n) is 4.90. The summed E-state index contributed by atoms with van der Waals surface area (Å²) in [5, 5.41) is 0. The zero-order valence-electron chi connectivity index (χ0n) is 25.7. The lowest BCUT2D eigenvalue weighted by Crippen LogP contribution is -2.50. The normalized spacial score (nSPS) is 12.0. The van der Waals surface area contributed by atoms with Gasteiger partial charge in [0.15, 0.2) is 0 Å². The number of amides is 2. The molecule has 4 aromatic rings. The molecule has 0 spiro atoms. The van der Waals surface area contributed by atoms with Crippen LogP contribution in [-0.2, 0) is 46.4 Å². The molecule has 0 radical (unpaired) electrons. The minimum atomic E-state index is -1.18. The van der Waals surface area contributed by atoms with Gasteiger partial charge < -0.3 is 37.0 Å². The Kier molecular flexibility index (Phi) is 12.5. The van der Waals surface area contributed by atoms with E-state index in [4.69, 9.17) is 37.0 Å². The molecule has 2 unspecified atom stereocenters. The monoisotopic (exact) mass is 634 g/mol. The first-order valence-electron chi connectivity index (χ1n) is 14.9. The first-order chi connectivity index (χ1) is 22.6. The molecular weight excluding hydrogens is 598 g/mol. The molecular formula is C34H36B2N4O7. The van der Waals surface area contributed by atoms with Crippen molar-refractivity contribution in [3.63, 3.8) is 0 Å². The van der Waals surface area contributed by atoms with E-state index in [9.17, 15) is 19.2 Å². The van der Waals surface area contributed by atoms with Crippen LogP contribution in [0.3, 0.4) is 0 Å². The largest absolute Gasteiger partial charge is 0.525 e. The van der Waals surface area contributed by atoms with E-state index < -0.39 is 49.7 Å². The van der Waals surface area contributed by atoms with Gasteiger partial charge in [0.1, 0.15) is 12.1 Å². The summed E-state index contributed by atoms with van der Waals surface area (Å²) in [5.41, 5.74) is 26.6. The highest BCUT2D eigenvalue weighted by molar-refractivity contribution is 6.81. The molecule has 0 aliphatic carbocycles. The van der Waals surface area contributed by atoms with Gasteiger partial charge in [0.25, 0.3) is 0 Å². The van der Waals surface area contributed by atoms with Crippen LogP contribution in [0.15, 0.2) is 109 Å². The Hall–Kier alpha value is -5.23. The summed E-state index contributed by atoms with van der Waals surface area (Å²) in [7, 11) is 0. The Bertz CT molecular complexity index is 1550. The maximum atomic E-state index is 12.7. The highest BCUT2D eigenvalue weighted by atomic mass is 16.5. The van der Waals surface area contributed by atoms with Crippen molar-refractivity contribution in [2.45, 2.75) is 38.1 Å². The molecule has 0 aromatic heterocycles. The molecule has 0 fully saturated rings. The molecule has 8 N–H and O–H groups in total. The third-order valence-electron chi connectivity index (χ3n) is 7.17. The highest BCUT2D eigenvalue weighted by Crippen LogP contribution is 2.08. The molecule has 0 aliphatic rings. The van der Waals surface area contributed by atoms with Crippen molar-refractivity contribution in [3.05, 3.63) is 120 Å². The third-order valence-corrected chi connectivity index (χ3v) is 7.17.